The van der Waals surface area contributed by atoms with E-state index in [-0.39, 0.29) is 23.9 Å². The van der Waals surface area contributed by atoms with Crippen molar-refractivity contribution in [2.24, 2.45) is 29.1 Å². The van der Waals surface area contributed by atoms with Gasteiger partial charge in [0.1, 0.15) is 23.8 Å². The van der Waals surface area contributed by atoms with E-state index in [0.717, 1.165) is 90.7 Å². The van der Waals surface area contributed by atoms with Crippen molar-refractivity contribution in [3.8, 4) is 5.75 Å². The van der Waals surface area contributed by atoms with Crippen molar-refractivity contribution in [2.45, 2.75) is 107 Å². The summed E-state index contributed by atoms with van der Waals surface area (Å²) in [7, 11) is 0. The molecule has 56 heavy (non-hydrogen) atoms. The van der Waals surface area contributed by atoms with Crippen molar-refractivity contribution in [2.75, 3.05) is 70.8 Å². The maximum Gasteiger partial charge on any atom is 0.434 e. The van der Waals surface area contributed by atoms with Gasteiger partial charge in [0, 0.05) is 39.3 Å². The maximum atomic E-state index is 13.1. The van der Waals surface area contributed by atoms with Crippen LogP contribution in [-0.4, -0.2) is 141 Å². The first-order valence-corrected chi connectivity index (χ1v) is 21.2. The largest absolute Gasteiger partial charge is 0.508 e. The molecule has 6 aliphatic rings. The minimum absolute atomic E-state index is 0.0198. The number of anilines is 1. The van der Waals surface area contributed by atoms with Crippen molar-refractivity contribution in [3.05, 3.63) is 47.4 Å². The number of hydrogen-bond acceptors (Lipinski definition) is 11. The number of likely N-dealkylation sites (tertiary alicyclic amines) is 1. The van der Waals surface area contributed by atoms with Gasteiger partial charge in [-0.2, -0.15) is 13.2 Å². The zero-order chi connectivity index (χ0) is 39.2. The molecular formula is C42H61F3N6O5. The molecular weight excluding hydrogens is 725 g/mol. The average molecular weight is 787 g/mol. The fourth-order valence-corrected chi connectivity index (χ4v) is 11.7. The number of aromatic hydroxyl groups is 1. The first-order chi connectivity index (χ1) is 26.9. The third kappa shape index (κ3) is 8.44. The first kappa shape index (κ1) is 40.2. The molecule has 5 N–H and O–H groups in total. The third-order valence-corrected chi connectivity index (χ3v) is 14.9. The Morgan fingerprint density at radius 2 is 1.66 bits per heavy atom. The number of nitrogens with one attached hydrogen (secondary N) is 1. The van der Waals surface area contributed by atoms with Gasteiger partial charge in [-0.3, -0.25) is 9.88 Å². The molecule has 4 unspecified atom stereocenters. The Kier molecular flexibility index (Phi) is 11.9. The zero-order valence-electron chi connectivity index (χ0n) is 32.7. The van der Waals surface area contributed by atoms with Gasteiger partial charge in [0.2, 0.25) is 0 Å². The fourth-order valence-electron chi connectivity index (χ4n) is 11.7. The highest BCUT2D eigenvalue weighted by Crippen LogP contribution is 2.62. The molecule has 0 bridgehead atoms. The quantitative estimate of drug-likeness (QED) is 0.235. The minimum atomic E-state index is -4.64. The Bertz CT molecular complexity index is 1640. The minimum Gasteiger partial charge on any atom is -0.508 e. The molecule has 0 spiro atoms. The lowest BCUT2D eigenvalue weighted by molar-refractivity contribution is -0.148. The summed E-state index contributed by atoms with van der Waals surface area (Å²) in [5.74, 6) is 3.25. The Balaban J connectivity index is 0.750. The Morgan fingerprint density at radius 3 is 2.41 bits per heavy atom. The van der Waals surface area contributed by atoms with Gasteiger partial charge in [0.25, 0.3) is 0 Å². The zero-order valence-corrected chi connectivity index (χ0v) is 32.7. The molecule has 310 valence electrons. The molecule has 2 aromatic rings. The highest BCUT2D eigenvalue weighted by Gasteiger charge is 2.56. The number of alkyl halides is 3. The van der Waals surface area contributed by atoms with Gasteiger partial charge in [0.05, 0.1) is 37.3 Å². The van der Waals surface area contributed by atoms with Crippen LogP contribution in [0.15, 0.2) is 30.6 Å². The van der Waals surface area contributed by atoms with E-state index in [1.54, 1.807) is 0 Å². The van der Waals surface area contributed by atoms with Crippen molar-refractivity contribution >= 4 is 5.82 Å². The van der Waals surface area contributed by atoms with E-state index in [4.69, 9.17) is 4.74 Å². The molecule has 10 atom stereocenters. The second-order valence-corrected chi connectivity index (χ2v) is 18.2. The van der Waals surface area contributed by atoms with E-state index in [0.29, 0.717) is 48.1 Å². The second kappa shape index (κ2) is 16.6. The molecule has 11 nitrogen and oxygen atoms in total. The Labute approximate surface area is 328 Å². The summed E-state index contributed by atoms with van der Waals surface area (Å²) in [6.45, 7) is 10.9. The lowest BCUT2D eigenvalue weighted by Crippen LogP contribution is -2.59. The maximum absolute atomic E-state index is 13.1. The number of aromatic nitrogens is 2. The number of phenols is 1. The summed E-state index contributed by atoms with van der Waals surface area (Å²) in [6.07, 6.45) is 4.11. The number of halogens is 3. The van der Waals surface area contributed by atoms with Gasteiger partial charge in [-0.25, -0.2) is 4.98 Å². The van der Waals surface area contributed by atoms with E-state index in [1.165, 1.54) is 36.8 Å². The first-order valence-electron chi connectivity index (χ1n) is 21.2. The monoisotopic (exact) mass is 786 g/mol. The van der Waals surface area contributed by atoms with Gasteiger partial charge in [-0.1, -0.05) is 13.0 Å². The van der Waals surface area contributed by atoms with Crippen LogP contribution in [0.4, 0.5) is 19.0 Å². The van der Waals surface area contributed by atoms with Crippen molar-refractivity contribution < 1.29 is 38.3 Å². The number of piperidine rings is 1. The summed E-state index contributed by atoms with van der Waals surface area (Å²) >= 11 is 0. The van der Waals surface area contributed by atoms with E-state index in [2.05, 4.69) is 43.0 Å². The highest BCUT2D eigenvalue weighted by atomic mass is 19.4. The summed E-state index contributed by atoms with van der Waals surface area (Å²) < 4.78 is 45.1. The fraction of sp³-hybridized carbons (Fsp3) is 0.762. The van der Waals surface area contributed by atoms with Crippen LogP contribution in [0.2, 0.25) is 0 Å². The number of aliphatic hydroxyl groups excluding tert-OH is 3. The molecule has 3 aliphatic heterocycles. The number of ether oxygens (including phenoxy) is 1. The summed E-state index contributed by atoms with van der Waals surface area (Å²) in [4.78, 5) is 14.6. The second-order valence-electron chi connectivity index (χ2n) is 18.2. The van der Waals surface area contributed by atoms with E-state index in [1.807, 2.05) is 12.1 Å². The van der Waals surface area contributed by atoms with E-state index >= 15 is 0 Å². The Morgan fingerprint density at radius 1 is 0.911 bits per heavy atom. The summed E-state index contributed by atoms with van der Waals surface area (Å²) in [5, 5.41) is 45.8. The molecule has 1 aromatic heterocycles. The molecule has 3 aliphatic carbocycles. The number of nitrogens with zero attached hydrogens (tertiary/aromatic N) is 5. The van der Waals surface area contributed by atoms with Crippen LogP contribution in [0.5, 0.6) is 5.75 Å². The third-order valence-electron chi connectivity index (χ3n) is 14.9. The van der Waals surface area contributed by atoms with Crippen molar-refractivity contribution in [1.82, 2.24) is 24.7 Å². The van der Waals surface area contributed by atoms with Crippen LogP contribution in [0.1, 0.15) is 81.0 Å². The standard InChI is InChI=1S/C42H61F3N6O5/c1-41-11-8-31-30-5-4-29(52)20-28(30)19-27(38(31)32(41)6-7-36(41)53)3-2-12-49-13-9-26(10-14-49)23-50-15-17-51(18-16-50)24-34-40(55)39(54)33(25-56-34)47-37-22-46-21-35(48-37)42(43,44)45/h4-5,20-22,26-27,31-34,36,38-40,52-55H,2-3,6-19,23-25H2,1H3,(H,47,48)/t27?,31?,32?,33-,34+,36-,38?,39+,40-,41-/m0/s1. The van der Waals surface area contributed by atoms with Gasteiger partial charge < -0.3 is 40.3 Å². The smallest absolute Gasteiger partial charge is 0.434 e. The molecule has 14 heteroatoms. The lowest BCUT2D eigenvalue weighted by atomic mass is 9.52. The van der Waals surface area contributed by atoms with Crippen LogP contribution in [0.3, 0.4) is 0 Å². The number of piperazine rings is 1. The number of hydrogen-bond donors (Lipinski definition) is 5. The SMILES string of the molecule is C[C@]12CCC3c4ccc(O)cc4CC(CCCN4CCC(CN5CCN(C[C@H]6OC[C@H](Nc7cncc(C(F)(F)F)n7)[C@@H](O)[C@H]6O)CC5)CC4)C3C1CC[C@@H]2O. The number of rotatable bonds is 10. The molecule has 0 radical (unpaired) electrons. The lowest BCUT2D eigenvalue weighted by Gasteiger charge is -2.53. The Hall–Kier alpha value is -2.59. The van der Waals surface area contributed by atoms with Gasteiger partial charge in [0.15, 0.2) is 5.69 Å². The molecule has 2 saturated carbocycles. The number of benzene rings is 1. The van der Waals surface area contributed by atoms with Crippen molar-refractivity contribution in [3.63, 3.8) is 0 Å². The summed E-state index contributed by atoms with van der Waals surface area (Å²) in [5.41, 5.74) is 1.70. The molecule has 0 amide bonds. The number of aliphatic hydroxyl groups is 3. The molecule has 1 aromatic carbocycles. The van der Waals surface area contributed by atoms with Crippen LogP contribution in [-0.2, 0) is 17.3 Å². The van der Waals surface area contributed by atoms with E-state index < -0.39 is 36.2 Å². The van der Waals surface area contributed by atoms with Gasteiger partial charge in [-0.05, 0) is 136 Å². The predicted molar refractivity (Wildman–Crippen MR) is 205 cm³/mol. The average Bonchev–Trinajstić information content (AvgIpc) is 3.49. The number of fused-ring (bicyclic) bond motifs is 5. The molecule has 3 saturated heterocycles. The topological polar surface area (TPSA) is 138 Å². The molecule has 8 rings (SSSR count). The van der Waals surface area contributed by atoms with Crippen LogP contribution in [0, 0.1) is 29.1 Å². The summed E-state index contributed by atoms with van der Waals surface area (Å²) in [6, 6.07) is 5.25. The van der Waals surface area contributed by atoms with Crippen LogP contribution >= 0.6 is 0 Å². The molecule has 5 fully saturated rings. The molecule has 4 heterocycles. The van der Waals surface area contributed by atoms with Gasteiger partial charge >= 0.3 is 6.18 Å². The highest BCUT2D eigenvalue weighted by molar-refractivity contribution is 5.41. The van der Waals surface area contributed by atoms with E-state index in [9.17, 15) is 33.6 Å². The van der Waals surface area contributed by atoms with Crippen molar-refractivity contribution in [1.29, 1.82) is 0 Å². The predicted octanol–water partition coefficient (Wildman–Crippen LogP) is 4.36. The van der Waals surface area contributed by atoms with Crippen LogP contribution in [0.25, 0.3) is 0 Å². The normalized spacial score (nSPS) is 36.2. The number of phenolic OH excluding ortho intramolecular Hbond substituents is 1. The van der Waals surface area contributed by atoms with Gasteiger partial charge in [-0.15, -0.1) is 0 Å². The van der Waals surface area contributed by atoms with Crippen LogP contribution < -0.4 is 5.32 Å².